The Balaban J connectivity index is 2.54. The maximum Gasteiger partial charge on any atom is 0.267 e. The Morgan fingerprint density at radius 3 is 2.88 bits per heavy atom. The summed E-state index contributed by atoms with van der Waals surface area (Å²) in [5.74, 6) is 0.560. The molecule has 0 radical (unpaired) electrons. The Morgan fingerprint density at radius 2 is 2.25 bits per heavy atom. The largest absolute Gasteiger partial charge is 0.476 e. The van der Waals surface area contributed by atoms with Gasteiger partial charge in [0.25, 0.3) is 5.91 Å². The predicted octanol–water partition coefficient (Wildman–Crippen LogP) is 2.17. The molecule has 0 aromatic heterocycles. The van der Waals surface area contributed by atoms with Gasteiger partial charge in [0.05, 0.1) is 11.4 Å². The fourth-order valence-electron chi connectivity index (χ4n) is 1.76. The van der Waals surface area contributed by atoms with Gasteiger partial charge in [0.15, 0.2) is 11.9 Å². The van der Waals surface area contributed by atoms with Crippen LogP contribution in [0.25, 0.3) is 0 Å². The SMILES string of the molecule is CCC1Oc2c(N)cc(Br)cc2N(C)C1=O. The third kappa shape index (κ3) is 1.65. The van der Waals surface area contributed by atoms with Gasteiger partial charge in [-0.05, 0) is 18.6 Å². The van der Waals surface area contributed by atoms with Crippen molar-refractivity contribution in [1.29, 1.82) is 0 Å². The van der Waals surface area contributed by atoms with Crippen LogP contribution in [0.3, 0.4) is 0 Å². The molecule has 0 saturated carbocycles. The van der Waals surface area contributed by atoms with Crippen LogP contribution in [0, 0.1) is 0 Å². The number of nitrogens with zero attached hydrogens (tertiary/aromatic N) is 1. The maximum absolute atomic E-state index is 11.9. The third-order valence-electron chi connectivity index (χ3n) is 2.66. The first kappa shape index (κ1) is 11.3. The summed E-state index contributed by atoms with van der Waals surface area (Å²) in [5, 5.41) is 0. The molecule has 2 rings (SSSR count). The van der Waals surface area contributed by atoms with Crippen LogP contribution in [-0.2, 0) is 4.79 Å². The molecule has 1 atom stereocenters. The van der Waals surface area contributed by atoms with Gasteiger partial charge in [-0.25, -0.2) is 0 Å². The lowest BCUT2D eigenvalue weighted by Crippen LogP contribution is -2.43. The zero-order valence-corrected chi connectivity index (χ0v) is 10.7. The molecule has 1 amide bonds. The van der Waals surface area contributed by atoms with Crippen molar-refractivity contribution in [2.24, 2.45) is 0 Å². The Morgan fingerprint density at radius 1 is 1.56 bits per heavy atom. The second-order valence-corrected chi connectivity index (χ2v) is 4.67. The topological polar surface area (TPSA) is 55.6 Å². The van der Waals surface area contributed by atoms with Gasteiger partial charge in [-0.3, -0.25) is 4.79 Å². The van der Waals surface area contributed by atoms with Gasteiger partial charge in [0.1, 0.15) is 0 Å². The summed E-state index contributed by atoms with van der Waals surface area (Å²) < 4.78 is 6.45. The van der Waals surface area contributed by atoms with E-state index in [0.717, 1.165) is 4.47 Å². The molecule has 1 aromatic rings. The van der Waals surface area contributed by atoms with E-state index in [1.165, 1.54) is 0 Å². The molecule has 0 bridgehead atoms. The van der Waals surface area contributed by atoms with Crippen molar-refractivity contribution in [2.45, 2.75) is 19.4 Å². The molecular weight excluding hydrogens is 272 g/mol. The Hall–Kier alpha value is -1.23. The van der Waals surface area contributed by atoms with E-state index in [9.17, 15) is 4.79 Å². The van der Waals surface area contributed by atoms with E-state index in [0.29, 0.717) is 23.5 Å². The van der Waals surface area contributed by atoms with Gasteiger partial charge in [0.2, 0.25) is 0 Å². The number of anilines is 2. The quantitative estimate of drug-likeness (QED) is 0.804. The van der Waals surface area contributed by atoms with Gasteiger partial charge in [-0.15, -0.1) is 0 Å². The van der Waals surface area contributed by atoms with E-state index in [1.54, 1.807) is 18.0 Å². The Kier molecular flexibility index (Phi) is 2.80. The molecular formula is C11H13BrN2O2. The van der Waals surface area contributed by atoms with Crippen LogP contribution in [0.15, 0.2) is 16.6 Å². The van der Waals surface area contributed by atoms with Gasteiger partial charge in [0, 0.05) is 11.5 Å². The number of nitrogens with two attached hydrogens (primary N) is 1. The standard InChI is InChI=1S/C11H13BrN2O2/c1-3-9-11(15)14(2)8-5-6(12)4-7(13)10(8)16-9/h4-5,9H,3,13H2,1-2H3. The van der Waals surface area contributed by atoms with Crippen LogP contribution in [0.2, 0.25) is 0 Å². The highest BCUT2D eigenvalue weighted by Crippen LogP contribution is 2.40. The van der Waals surface area contributed by atoms with E-state index in [2.05, 4.69) is 15.9 Å². The lowest BCUT2D eigenvalue weighted by molar-refractivity contribution is -0.126. The number of carbonyl (C=O) groups is 1. The molecule has 1 heterocycles. The summed E-state index contributed by atoms with van der Waals surface area (Å²) in [7, 11) is 1.73. The van der Waals surface area contributed by atoms with E-state index in [-0.39, 0.29) is 5.91 Å². The van der Waals surface area contributed by atoms with Crippen molar-refractivity contribution in [2.75, 3.05) is 17.7 Å². The van der Waals surface area contributed by atoms with E-state index < -0.39 is 6.10 Å². The molecule has 0 fully saturated rings. The first-order valence-corrected chi connectivity index (χ1v) is 5.87. The highest BCUT2D eigenvalue weighted by Gasteiger charge is 2.32. The van der Waals surface area contributed by atoms with Crippen molar-refractivity contribution >= 4 is 33.2 Å². The average Bonchev–Trinajstić information content (AvgIpc) is 2.24. The number of benzene rings is 1. The Bertz CT molecular complexity index is 448. The van der Waals surface area contributed by atoms with Crippen molar-refractivity contribution < 1.29 is 9.53 Å². The van der Waals surface area contributed by atoms with E-state index >= 15 is 0 Å². The van der Waals surface area contributed by atoms with E-state index in [1.807, 2.05) is 13.0 Å². The maximum atomic E-state index is 11.9. The number of carbonyl (C=O) groups excluding carboxylic acids is 1. The number of hydrogen-bond acceptors (Lipinski definition) is 3. The molecule has 1 aliphatic rings. The van der Waals surface area contributed by atoms with E-state index in [4.69, 9.17) is 10.5 Å². The number of ether oxygens (including phenoxy) is 1. The zero-order valence-electron chi connectivity index (χ0n) is 9.16. The van der Waals surface area contributed by atoms with Crippen molar-refractivity contribution in [3.05, 3.63) is 16.6 Å². The number of rotatable bonds is 1. The number of hydrogen-bond donors (Lipinski definition) is 1. The predicted molar refractivity (Wildman–Crippen MR) is 66.7 cm³/mol. The summed E-state index contributed by atoms with van der Waals surface area (Å²) in [4.78, 5) is 13.5. The lowest BCUT2D eigenvalue weighted by atomic mass is 10.1. The van der Waals surface area contributed by atoms with Crippen LogP contribution in [0.5, 0.6) is 5.75 Å². The number of likely N-dealkylation sites (N-methyl/N-ethyl adjacent to an activating group) is 1. The summed E-state index contributed by atoms with van der Waals surface area (Å²) in [6, 6.07) is 3.60. The monoisotopic (exact) mass is 284 g/mol. The van der Waals surface area contributed by atoms with Gasteiger partial charge in [-0.1, -0.05) is 22.9 Å². The van der Waals surface area contributed by atoms with Crippen LogP contribution in [0.4, 0.5) is 11.4 Å². The fourth-order valence-corrected chi connectivity index (χ4v) is 2.23. The van der Waals surface area contributed by atoms with Crippen LogP contribution in [-0.4, -0.2) is 19.1 Å². The minimum absolute atomic E-state index is 0.0347. The number of amides is 1. The highest BCUT2D eigenvalue weighted by atomic mass is 79.9. The second-order valence-electron chi connectivity index (χ2n) is 3.76. The number of halogens is 1. The summed E-state index contributed by atoms with van der Waals surface area (Å²) in [5.41, 5.74) is 7.13. The molecule has 4 nitrogen and oxygen atoms in total. The first-order chi connectivity index (χ1) is 7.54. The van der Waals surface area contributed by atoms with Crippen LogP contribution in [0.1, 0.15) is 13.3 Å². The molecule has 2 N–H and O–H groups in total. The number of nitrogen functional groups attached to an aromatic ring is 1. The number of fused-ring (bicyclic) bond motifs is 1. The normalized spacial score (nSPS) is 19.3. The molecule has 1 unspecified atom stereocenters. The molecule has 1 aliphatic heterocycles. The highest BCUT2D eigenvalue weighted by molar-refractivity contribution is 9.10. The zero-order chi connectivity index (χ0) is 11.9. The second kappa shape index (κ2) is 3.97. The minimum atomic E-state index is -0.430. The first-order valence-electron chi connectivity index (χ1n) is 5.07. The van der Waals surface area contributed by atoms with Crippen molar-refractivity contribution in [3.8, 4) is 5.75 Å². The average molecular weight is 285 g/mol. The van der Waals surface area contributed by atoms with Crippen LogP contribution < -0.4 is 15.4 Å². The molecule has 86 valence electrons. The molecule has 16 heavy (non-hydrogen) atoms. The molecule has 0 aliphatic carbocycles. The molecule has 0 spiro atoms. The smallest absolute Gasteiger partial charge is 0.267 e. The lowest BCUT2D eigenvalue weighted by Gasteiger charge is -2.32. The van der Waals surface area contributed by atoms with Crippen molar-refractivity contribution in [1.82, 2.24) is 0 Å². The summed E-state index contributed by atoms with van der Waals surface area (Å²) in [6.45, 7) is 1.91. The fraction of sp³-hybridized carbons (Fsp3) is 0.364. The van der Waals surface area contributed by atoms with Gasteiger partial charge >= 0.3 is 0 Å². The molecule has 1 aromatic carbocycles. The summed E-state index contributed by atoms with van der Waals surface area (Å²) in [6.07, 6.45) is 0.207. The third-order valence-corrected chi connectivity index (χ3v) is 3.12. The van der Waals surface area contributed by atoms with Crippen LogP contribution >= 0.6 is 15.9 Å². The van der Waals surface area contributed by atoms with Gasteiger partial charge < -0.3 is 15.4 Å². The van der Waals surface area contributed by atoms with Gasteiger partial charge in [-0.2, -0.15) is 0 Å². The summed E-state index contributed by atoms with van der Waals surface area (Å²) >= 11 is 3.35. The minimum Gasteiger partial charge on any atom is -0.476 e. The molecule has 0 saturated heterocycles. The molecule has 5 heteroatoms. The Labute approximate surface area is 102 Å². The van der Waals surface area contributed by atoms with Crippen molar-refractivity contribution in [3.63, 3.8) is 0 Å².